The fraction of sp³-hybridized carbons (Fsp3) is 0.909. The maximum Gasteiger partial charge on any atom is 0.417 e. The van der Waals surface area contributed by atoms with Crippen molar-refractivity contribution in [3.05, 3.63) is 0 Å². The summed E-state index contributed by atoms with van der Waals surface area (Å²) in [7, 11) is -5.53. The van der Waals surface area contributed by atoms with E-state index < -0.39 is 57.5 Å². The first kappa shape index (κ1) is 16.6. The molecule has 21 heavy (non-hydrogen) atoms. The first-order valence-electron chi connectivity index (χ1n) is 6.09. The van der Waals surface area contributed by atoms with Crippen LogP contribution < -0.4 is 0 Å². The Balaban J connectivity index is 2.66. The van der Waals surface area contributed by atoms with Crippen molar-refractivity contribution < 1.29 is 39.6 Å². The molecule has 3 nitrogen and oxygen atoms in total. The van der Waals surface area contributed by atoms with Crippen LogP contribution in [-0.4, -0.2) is 37.6 Å². The standard InChI is InChI=1S/C11H12F6O3S/c1-21(19,20)9(10(12,13)14,11(15,16)17)7-3-6-2-5(7)4-8(6)18/h5-7H,2-4H2,1H3. The fourth-order valence-electron chi connectivity index (χ4n) is 3.81. The van der Waals surface area contributed by atoms with Gasteiger partial charge in [-0.25, -0.2) is 8.42 Å². The Labute approximate surface area is 116 Å². The second kappa shape index (κ2) is 4.36. The summed E-state index contributed by atoms with van der Waals surface area (Å²) in [5.41, 5.74) is 0. The molecule has 0 amide bonds. The zero-order valence-corrected chi connectivity index (χ0v) is 11.6. The van der Waals surface area contributed by atoms with E-state index in [1.165, 1.54) is 0 Å². The van der Waals surface area contributed by atoms with Crippen LogP contribution in [0.3, 0.4) is 0 Å². The summed E-state index contributed by atoms with van der Waals surface area (Å²) in [6.45, 7) is 0. The molecule has 2 saturated carbocycles. The highest BCUT2D eigenvalue weighted by atomic mass is 32.2. The number of Topliss-reactive ketones (excluding diaryl/α,β-unsaturated/α-hetero) is 1. The summed E-state index contributed by atoms with van der Waals surface area (Å²) < 4.78 is 97.9. The molecule has 10 heteroatoms. The SMILES string of the molecule is CS(=O)(=O)C(C1CC2CC1CC2=O)(C(F)(F)F)C(F)(F)F. The average Bonchev–Trinajstić information content (AvgIpc) is 2.69. The van der Waals surface area contributed by atoms with Crippen molar-refractivity contribution in [2.45, 2.75) is 36.4 Å². The Morgan fingerprint density at radius 2 is 1.48 bits per heavy atom. The van der Waals surface area contributed by atoms with Gasteiger partial charge in [-0.15, -0.1) is 0 Å². The molecule has 3 unspecified atom stereocenters. The minimum Gasteiger partial charge on any atom is -0.299 e. The number of sulfone groups is 1. The van der Waals surface area contributed by atoms with E-state index in [1.54, 1.807) is 0 Å². The van der Waals surface area contributed by atoms with E-state index in [0.29, 0.717) is 0 Å². The highest BCUT2D eigenvalue weighted by Gasteiger charge is 2.82. The lowest BCUT2D eigenvalue weighted by Crippen LogP contribution is -2.67. The van der Waals surface area contributed by atoms with Crippen molar-refractivity contribution in [2.75, 3.05) is 6.26 Å². The predicted molar refractivity (Wildman–Crippen MR) is 59.0 cm³/mol. The summed E-state index contributed by atoms with van der Waals surface area (Å²) in [4.78, 5) is 11.3. The summed E-state index contributed by atoms with van der Waals surface area (Å²) in [6.07, 6.45) is -13.2. The van der Waals surface area contributed by atoms with Crippen molar-refractivity contribution >= 4 is 15.6 Å². The Kier molecular flexibility index (Phi) is 3.44. The molecular weight excluding hydrogens is 326 g/mol. The van der Waals surface area contributed by atoms with Gasteiger partial charge in [0.15, 0.2) is 9.84 Å². The van der Waals surface area contributed by atoms with Crippen molar-refractivity contribution in [3.8, 4) is 0 Å². The van der Waals surface area contributed by atoms with Crippen LogP contribution in [0.15, 0.2) is 0 Å². The summed E-state index contributed by atoms with van der Waals surface area (Å²) in [6, 6.07) is 0. The average molecular weight is 338 g/mol. The second-order valence-electron chi connectivity index (χ2n) is 5.71. The fourth-order valence-corrected chi connectivity index (χ4v) is 5.49. The van der Waals surface area contributed by atoms with Crippen LogP contribution in [0.5, 0.6) is 0 Å². The summed E-state index contributed by atoms with van der Waals surface area (Å²) >= 11 is 0. The quantitative estimate of drug-likeness (QED) is 0.727. The first-order chi connectivity index (χ1) is 9.23. The Morgan fingerprint density at radius 1 is 1.00 bits per heavy atom. The Hall–Kier alpha value is -0.800. The molecule has 2 aliphatic carbocycles. The number of carbonyl (C=O) groups excluding carboxylic acids is 1. The molecule has 0 aromatic carbocycles. The van der Waals surface area contributed by atoms with E-state index in [9.17, 15) is 39.6 Å². The van der Waals surface area contributed by atoms with E-state index in [2.05, 4.69) is 0 Å². The topological polar surface area (TPSA) is 51.2 Å². The van der Waals surface area contributed by atoms with E-state index in [4.69, 9.17) is 0 Å². The largest absolute Gasteiger partial charge is 0.417 e. The Morgan fingerprint density at radius 3 is 1.71 bits per heavy atom. The number of rotatable bonds is 2. The number of ketones is 1. The van der Waals surface area contributed by atoms with E-state index in [1.807, 2.05) is 0 Å². The monoisotopic (exact) mass is 338 g/mol. The van der Waals surface area contributed by atoms with E-state index in [-0.39, 0.29) is 18.5 Å². The van der Waals surface area contributed by atoms with Gasteiger partial charge in [0.05, 0.1) is 0 Å². The maximum atomic E-state index is 13.3. The van der Waals surface area contributed by atoms with Crippen molar-refractivity contribution in [1.82, 2.24) is 0 Å². The summed E-state index contributed by atoms with van der Waals surface area (Å²) in [5, 5.41) is 0. The molecule has 0 radical (unpaired) electrons. The maximum absolute atomic E-state index is 13.3. The highest BCUT2D eigenvalue weighted by Crippen LogP contribution is 2.61. The molecule has 0 aromatic heterocycles. The van der Waals surface area contributed by atoms with Crippen molar-refractivity contribution in [3.63, 3.8) is 0 Å². The number of halogens is 6. The Bertz CT molecular complexity index is 547. The third kappa shape index (κ3) is 2.08. The molecule has 2 rings (SSSR count). The predicted octanol–water partition coefficient (Wildman–Crippen LogP) is 2.51. The molecule has 3 atom stereocenters. The van der Waals surface area contributed by atoms with Gasteiger partial charge in [0, 0.05) is 24.5 Å². The van der Waals surface area contributed by atoms with Crippen LogP contribution in [0, 0.1) is 17.8 Å². The molecule has 122 valence electrons. The second-order valence-corrected chi connectivity index (χ2v) is 7.90. The number of hydrogen-bond donors (Lipinski definition) is 0. The molecule has 0 heterocycles. The minimum atomic E-state index is -5.99. The molecule has 0 aromatic rings. The molecule has 2 aliphatic rings. The van der Waals surface area contributed by atoms with E-state index in [0.717, 1.165) is 0 Å². The van der Waals surface area contributed by atoms with Gasteiger partial charge in [0.1, 0.15) is 5.78 Å². The third-order valence-corrected chi connectivity index (χ3v) is 6.50. The summed E-state index contributed by atoms with van der Waals surface area (Å²) in [5.74, 6) is -4.63. The van der Waals surface area contributed by atoms with Gasteiger partial charge in [-0.05, 0) is 18.8 Å². The van der Waals surface area contributed by atoms with Crippen LogP contribution in [0.1, 0.15) is 19.3 Å². The third-order valence-electron chi connectivity index (χ3n) is 4.56. The van der Waals surface area contributed by atoms with Crippen LogP contribution in [0.4, 0.5) is 26.3 Å². The number of hydrogen-bond acceptors (Lipinski definition) is 3. The van der Waals surface area contributed by atoms with Crippen molar-refractivity contribution in [2.24, 2.45) is 17.8 Å². The van der Waals surface area contributed by atoms with Crippen LogP contribution in [0.2, 0.25) is 0 Å². The lowest BCUT2D eigenvalue weighted by molar-refractivity contribution is -0.284. The normalized spacial score (nSPS) is 31.0. The van der Waals surface area contributed by atoms with Gasteiger partial charge in [0.25, 0.3) is 4.75 Å². The molecule has 2 fully saturated rings. The van der Waals surface area contributed by atoms with Gasteiger partial charge in [-0.3, -0.25) is 4.79 Å². The smallest absolute Gasteiger partial charge is 0.299 e. The lowest BCUT2D eigenvalue weighted by Gasteiger charge is -2.42. The zero-order valence-electron chi connectivity index (χ0n) is 10.8. The van der Waals surface area contributed by atoms with Gasteiger partial charge in [-0.2, -0.15) is 26.3 Å². The number of fused-ring (bicyclic) bond motifs is 2. The van der Waals surface area contributed by atoms with Crippen molar-refractivity contribution in [1.29, 1.82) is 0 Å². The molecule has 0 aliphatic heterocycles. The van der Waals surface area contributed by atoms with Gasteiger partial charge in [0.2, 0.25) is 0 Å². The van der Waals surface area contributed by atoms with Gasteiger partial charge >= 0.3 is 12.4 Å². The first-order valence-corrected chi connectivity index (χ1v) is 7.98. The minimum absolute atomic E-state index is 0.0399. The zero-order chi connectivity index (χ0) is 16.4. The molecule has 2 bridgehead atoms. The molecule has 0 spiro atoms. The lowest BCUT2D eigenvalue weighted by atomic mass is 9.77. The number of carbonyl (C=O) groups is 1. The highest BCUT2D eigenvalue weighted by molar-refractivity contribution is 7.92. The molecule has 0 N–H and O–H groups in total. The van der Waals surface area contributed by atoms with Crippen LogP contribution in [0.25, 0.3) is 0 Å². The van der Waals surface area contributed by atoms with Gasteiger partial charge < -0.3 is 0 Å². The van der Waals surface area contributed by atoms with Crippen LogP contribution >= 0.6 is 0 Å². The number of alkyl halides is 6. The van der Waals surface area contributed by atoms with Crippen LogP contribution in [-0.2, 0) is 14.6 Å². The van der Waals surface area contributed by atoms with E-state index >= 15 is 0 Å². The molecule has 0 saturated heterocycles. The van der Waals surface area contributed by atoms with Gasteiger partial charge in [-0.1, -0.05) is 0 Å². The molecular formula is C11H12F6O3S.